The Morgan fingerprint density at radius 3 is 3.07 bits per heavy atom. The van der Waals surface area contributed by atoms with Gasteiger partial charge in [-0.1, -0.05) is 17.7 Å². The van der Waals surface area contributed by atoms with Crippen molar-refractivity contribution >= 4 is 11.6 Å². The zero-order chi connectivity index (χ0) is 10.7. The molecule has 2 nitrogen and oxygen atoms in total. The van der Waals surface area contributed by atoms with Gasteiger partial charge in [0.1, 0.15) is 18.5 Å². The maximum absolute atomic E-state index is 5.91. The van der Waals surface area contributed by atoms with Crippen LogP contribution in [0.25, 0.3) is 0 Å². The molecule has 2 rings (SSSR count). The second-order valence-corrected chi connectivity index (χ2v) is 3.95. The maximum atomic E-state index is 5.91. The Bertz CT molecular complexity index is 359. The van der Waals surface area contributed by atoms with Crippen molar-refractivity contribution in [3.8, 4) is 5.75 Å². The zero-order valence-electron chi connectivity index (χ0n) is 8.41. The first-order chi connectivity index (χ1) is 7.29. The molecule has 0 saturated carbocycles. The minimum atomic E-state index is 0.275. The third kappa shape index (κ3) is 2.98. The average molecular weight is 225 g/mol. The number of allylic oxidation sites excluding steroid dienone is 1. The molecule has 1 saturated heterocycles. The molecule has 1 aliphatic rings. The van der Waals surface area contributed by atoms with E-state index in [9.17, 15) is 0 Å². The van der Waals surface area contributed by atoms with Gasteiger partial charge in [0.2, 0.25) is 0 Å². The minimum absolute atomic E-state index is 0.275. The predicted molar refractivity (Wildman–Crippen MR) is 60.6 cm³/mol. The molecule has 0 radical (unpaired) electrons. The van der Waals surface area contributed by atoms with E-state index in [1.807, 2.05) is 24.3 Å². The third-order valence-electron chi connectivity index (χ3n) is 2.21. The van der Waals surface area contributed by atoms with Gasteiger partial charge in [0.25, 0.3) is 0 Å². The number of rotatable bonds is 5. The molecular weight excluding hydrogens is 212 g/mol. The van der Waals surface area contributed by atoms with E-state index in [2.05, 4.69) is 6.58 Å². The molecule has 0 aliphatic carbocycles. The van der Waals surface area contributed by atoms with Gasteiger partial charge in [0, 0.05) is 5.02 Å². The van der Waals surface area contributed by atoms with Gasteiger partial charge in [0.05, 0.1) is 6.61 Å². The Balaban J connectivity index is 2.08. The second-order valence-electron chi connectivity index (χ2n) is 3.51. The van der Waals surface area contributed by atoms with Crippen molar-refractivity contribution in [2.75, 3.05) is 13.2 Å². The van der Waals surface area contributed by atoms with E-state index in [1.165, 1.54) is 0 Å². The van der Waals surface area contributed by atoms with Crippen LogP contribution in [0.2, 0.25) is 5.02 Å². The van der Waals surface area contributed by atoms with Gasteiger partial charge < -0.3 is 9.47 Å². The summed E-state index contributed by atoms with van der Waals surface area (Å²) in [6, 6.07) is 5.63. The molecule has 1 atom stereocenters. The molecule has 0 spiro atoms. The fourth-order valence-corrected chi connectivity index (χ4v) is 1.55. The summed E-state index contributed by atoms with van der Waals surface area (Å²) >= 11 is 5.91. The number of halogens is 1. The quantitative estimate of drug-likeness (QED) is 0.567. The summed E-state index contributed by atoms with van der Waals surface area (Å²) in [5, 5.41) is 0.724. The van der Waals surface area contributed by atoms with E-state index in [4.69, 9.17) is 21.1 Å². The molecule has 1 aromatic rings. The molecule has 1 aliphatic heterocycles. The molecule has 1 fully saturated rings. The monoisotopic (exact) mass is 224 g/mol. The highest BCUT2D eigenvalue weighted by molar-refractivity contribution is 6.30. The molecule has 0 N–H and O–H groups in total. The summed E-state index contributed by atoms with van der Waals surface area (Å²) in [5.74, 6) is 0.870. The number of hydrogen-bond acceptors (Lipinski definition) is 2. The molecule has 3 heteroatoms. The number of ether oxygens (including phenoxy) is 2. The first-order valence-electron chi connectivity index (χ1n) is 4.93. The summed E-state index contributed by atoms with van der Waals surface area (Å²) in [7, 11) is 0. The van der Waals surface area contributed by atoms with Crippen molar-refractivity contribution in [3.05, 3.63) is 41.4 Å². The molecule has 0 bridgehead atoms. The lowest BCUT2D eigenvalue weighted by atomic mass is 10.1. The Morgan fingerprint density at radius 1 is 1.60 bits per heavy atom. The fourth-order valence-electron chi connectivity index (χ4n) is 1.35. The van der Waals surface area contributed by atoms with Crippen LogP contribution in [0.5, 0.6) is 5.75 Å². The lowest BCUT2D eigenvalue weighted by molar-refractivity contribution is 0.261. The second kappa shape index (κ2) is 4.69. The van der Waals surface area contributed by atoms with Gasteiger partial charge >= 0.3 is 0 Å². The Morgan fingerprint density at radius 2 is 2.40 bits per heavy atom. The summed E-state index contributed by atoms with van der Waals surface area (Å²) < 4.78 is 10.7. The van der Waals surface area contributed by atoms with Crippen LogP contribution in [0.3, 0.4) is 0 Å². The molecule has 1 unspecified atom stereocenters. The molecule has 15 heavy (non-hydrogen) atoms. The zero-order valence-corrected chi connectivity index (χ0v) is 9.17. The molecule has 0 aromatic heterocycles. The van der Waals surface area contributed by atoms with Crippen LogP contribution in [-0.2, 0) is 11.2 Å². The van der Waals surface area contributed by atoms with E-state index in [1.54, 1.807) is 0 Å². The fraction of sp³-hybridized carbons (Fsp3) is 0.333. The minimum Gasteiger partial charge on any atom is -0.490 e. The summed E-state index contributed by atoms with van der Waals surface area (Å²) in [6.07, 6.45) is 2.88. The van der Waals surface area contributed by atoms with Crippen LogP contribution in [0.1, 0.15) is 5.56 Å². The number of benzene rings is 1. The van der Waals surface area contributed by atoms with E-state index >= 15 is 0 Å². The molecule has 0 amide bonds. The summed E-state index contributed by atoms with van der Waals surface area (Å²) in [5.41, 5.74) is 1.07. The number of epoxide rings is 1. The predicted octanol–water partition coefficient (Wildman–Crippen LogP) is 2.85. The smallest absolute Gasteiger partial charge is 0.123 e. The van der Waals surface area contributed by atoms with Crippen molar-refractivity contribution in [2.45, 2.75) is 12.5 Å². The van der Waals surface area contributed by atoms with E-state index in [0.29, 0.717) is 6.61 Å². The standard InChI is InChI=1S/C12H13ClO2/c1-2-3-9-6-10(13)4-5-12(9)15-8-11-7-14-11/h2,4-6,11H,1,3,7-8H2. The summed E-state index contributed by atoms with van der Waals surface area (Å²) in [4.78, 5) is 0. The van der Waals surface area contributed by atoms with Crippen LogP contribution in [0, 0.1) is 0 Å². The van der Waals surface area contributed by atoms with Gasteiger partial charge in [0.15, 0.2) is 0 Å². The molecule has 1 aromatic carbocycles. The highest BCUT2D eigenvalue weighted by Gasteiger charge is 2.23. The largest absolute Gasteiger partial charge is 0.490 e. The molecule has 1 heterocycles. The molecule has 80 valence electrons. The maximum Gasteiger partial charge on any atom is 0.123 e. The molecular formula is C12H13ClO2. The van der Waals surface area contributed by atoms with E-state index in [0.717, 1.165) is 29.4 Å². The Labute approximate surface area is 94.5 Å². The van der Waals surface area contributed by atoms with Crippen LogP contribution < -0.4 is 4.74 Å². The first kappa shape index (κ1) is 10.5. The highest BCUT2D eigenvalue weighted by atomic mass is 35.5. The number of hydrogen-bond donors (Lipinski definition) is 0. The van der Waals surface area contributed by atoms with Crippen molar-refractivity contribution < 1.29 is 9.47 Å². The SMILES string of the molecule is C=CCc1cc(Cl)ccc1OCC1CO1. The normalized spacial score (nSPS) is 18.6. The Kier molecular flexibility index (Phi) is 3.29. The van der Waals surface area contributed by atoms with Gasteiger partial charge in [-0.25, -0.2) is 0 Å². The van der Waals surface area contributed by atoms with Crippen molar-refractivity contribution in [2.24, 2.45) is 0 Å². The van der Waals surface area contributed by atoms with Crippen LogP contribution in [0.15, 0.2) is 30.9 Å². The van der Waals surface area contributed by atoms with Gasteiger partial charge in [-0.2, -0.15) is 0 Å². The van der Waals surface area contributed by atoms with Gasteiger partial charge in [-0.15, -0.1) is 6.58 Å². The van der Waals surface area contributed by atoms with Crippen molar-refractivity contribution in [1.82, 2.24) is 0 Å². The first-order valence-corrected chi connectivity index (χ1v) is 5.31. The topological polar surface area (TPSA) is 21.8 Å². The lowest BCUT2D eigenvalue weighted by Crippen LogP contribution is -2.05. The van der Waals surface area contributed by atoms with Gasteiger partial charge in [-0.3, -0.25) is 0 Å². The highest BCUT2D eigenvalue weighted by Crippen LogP contribution is 2.24. The summed E-state index contributed by atoms with van der Waals surface area (Å²) in [6.45, 7) is 5.14. The Hall–Kier alpha value is -0.990. The van der Waals surface area contributed by atoms with Crippen molar-refractivity contribution in [3.63, 3.8) is 0 Å². The van der Waals surface area contributed by atoms with Crippen LogP contribution >= 0.6 is 11.6 Å². The van der Waals surface area contributed by atoms with Crippen LogP contribution in [-0.4, -0.2) is 19.3 Å². The van der Waals surface area contributed by atoms with E-state index in [-0.39, 0.29) is 6.10 Å². The lowest BCUT2D eigenvalue weighted by Gasteiger charge is -2.09. The van der Waals surface area contributed by atoms with E-state index < -0.39 is 0 Å². The third-order valence-corrected chi connectivity index (χ3v) is 2.45. The van der Waals surface area contributed by atoms with Crippen LogP contribution in [0.4, 0.5) is 0 Å². The van der Waals surface area contributed by atoms with Crippen molar-refractivity contribution in [1.29, 1.82) is 0 Å². The van der Waals surface area contributed by atoms with Gasteiger partial charge in [-0.05, 0) is 30.2 Å². The average Bonchev–Trinajstić information content (AvgIpc) is 3.01.